The predicted octanol–water partition coefficient (Wildman–Crippen LogP) is 0.434. The van der Waals surface area contributed by atoms with Crippen LogP contribution in [-0.2, 0) is 14.8 Å². The molecule has 2 heterocycles. The van der Waals surface area contributed by atoms with Crippen molar-refractivity contribution in [2.24, 2.45) is 0 Å². The molecule has 20 heavy (non-hydrogen) atoms. The number of rotatable bonds is 3. The summed E-state index contributed by atoms with van der Waals surface area (Å²) in [5.74, 6) is -0.880. The summed E-state index contributed by atoms with van der Waals surface area (Å²) in [4.78, 5) is 15.4. The van der Waals surface area contributed by atoms with Gasteiger partial charge in [-0.25, -0.2) is 8.42 Å². The maximum Gasteiger partial charge on any atom is 0.406 e. The third-order valence-corrected chi connectivity index (χ3v) is 4.40. The zero-order valence-electron chi connectivity index (χ0n) is 10.0. The Labute approximate surface area is 112 Å². The van der Waals surface area contributed by atoms with E-state index in [0.717, 1.165) is 6.20 Å². The monoisotopic (exact) mass is 309 g/mol. The molecule has 1 aromatic heterocycles. The van der Waals surface area contributed by atoms with Crippen molar-refractivity contribution in [3.63, 3.8) is 0 Å². The second-order valence-corrected chi connectivity index (χ2v) is 6.09. The van der Waals surface area contributed by atoms with Crippen LogP contribution in [0.3, 0.4) is 0 Å². The Morgan fingerprint density at radius 3 is 2.60 bits per heavy atom. The molecule has 1 amide bonds. The number of sulfonamides is 1. The molecule has 1 saturated heterocycles. The molecule has 6 nitrogen and oxygen atoms in total. The highest BCUT2D eigenvalue weighted by molar-refractivity contribution is 7.89. The molecule has 0 spiro atoms. The van der Waals surface area contributed by atoms with Crippen molar-refractivity contribution < 1.29 is 26.4 Å². The lowest BCUT2D eigenvalue weighted by Crippen LogP contribution is -2.37. The molecule has 110 valence electrons. The van der Waals surface area contributed by atoms with Gasteiger partial charge in [-0.05, 0) is 12.1 Å². The van der Waals surface area contributed by atoms with Crippen LogP contribution >= 0.6 is 0 Å². The summed E-state index contributed by atoms with van der Waals surface area (Å²) in [6.45, 7) is -2.69. The van der Waals surface area contributed by atoms with Gasteiger partial charge in [0.05, 0.1) is 13.2 Å². The molecule has 1 aliphatic heterocycles. The number of hydrogen-bond donors (Lipinski definition) is 0. The van der Waals surface area contributed by atoms with E-state index in [2.05, 4.69) is 4.98 Å². The smallest absolute Gasteiger partial charge is 0.318 e. The molecule has 0 N–H and O–H groups in total. The Balaban J connectivity index is 2.18. The predicted molar refractivity (Wildman–Crippen MR) is 60.8 cm³/mol. The first-order chi connectivity index (χ1) is 9.20. The molecule has 0 saturated carbocycles. The molecule has 0 bridgehead atoms. The lowest BCUT2D eigenvalue weighted by Gasteiger charge is -2.19. The summed E-state index contributed by atoms with van der Waals surface area (Å²) in [6, 6.07) is 2.65. The van der Waals surface area contributed by atoms with Gasteiger partial charge in [0.1, 0.15) is 11.4 Å². The molecule has 0 unspecified atom stereocenters. The number of nitrogens with zero attached hydrogens (tertiary/aromatic N) is 3. The van der Waals surface area contributed by atoms with Gasteiger partial charge < -0.3 is 4.90 Å². The Hall–Kier alpha value is -1.68. The van der Waals surface area contributed by atoms with Crippen LogP contribution in [0, 0.1) is 0 Å². The number of alkyl halides is 3. The molecule has 0 atom stereocenters. The highest BCUT2D eigenvalue weighted by Gasteiger charge is 2.41. The van der Waals surface area contributed by atoms with Crippen molar-refractivity contribution in [3.05, 3.63) is 24.5 Å². The van der Waals surface area contributed by atoms with Gasteiger partial charge in [-0.1, -0.05) is 0 Å². The van der Waals surface area contributed by atoms with E-state index in [1.807, 2.05) is 0 Å². The average Bonchev–Trinajstić information content (AvgIpc) is 2.70. The largest absolute Gasteiger partial charge is 0.406 e. The molecule has 10 heteroatoms. The SMILES string of the molecule is O=C1CN(S(=O)(=O)c2cccnc2)CN1CC(F)(F)F. The third kappa shape index (κ3) is 3.07. The lowest BCUT2D eigenvalue weighted by atomic mass is 10.5. The van der Waals surface area contributed by atoms with Crippen LogP contribution in [0.25, 0.3) is 0 Å². The van der Waals surface area contributed by atoms with E-state index < -0.39 is 41.9 Å². The Bertz CT molecular complexity index is 603. The Kier molecular flexibility index (Phi) is 3.69. The minimum Gasteiger partial charge on any atom is -0.318 e. The van der Waals surface area contributed by atoms with Gasteiger partial charge in [0, 0.05) is 12.4 Å². The highest BCUT2D eigenvalue weighted by Crippen LogP contribution is 2.23. The van der Waals surface area contributed by atoms with Crippen LogP contribution in [0.15, 0.2) is 29.4 Å². The van der Waals surface area contributed by atoms with E-state index in [-0.39, 0.29) is 4.90 Å². The van der Waals surface area contributed by atoms with Crippen molar-refractivity contribution in [3.8, 4) is 0 Å². The normalized spacial score (nSPS) is 17.8. The van der Waals surface area contributed by atoms with Crippen LogP contribution in [0.4, 0.5) is 13.2 Å². The van der Waals surface area contributed by atoms with Gasteiger partial charge in [-0.2, -0.15) is 17.5 Å². The fourth-order valence-corrected chi connectivity index (χ4v) is 3.05. The van der Waals surface area contributed by atoms with Crippen molar-refractivity contribution >= 4 is 15.9 Å². The maximum absolute atomic E-state index is 12.3. The summed E-state index contributed by atoms with van der Waals surface area (Å²) in [5.41, 5.74) is 0. The summed E-state index contributed by atoms with van der Waals surface area (Å²) in [5, 5.41) is 0. The fraction of sp³-hybridized carbons (Fsp3) is 0.400. The van der Waals surface area contributed by atoms with Crippen LogP contribution in [0.1, 0.15) is 0 Å². The van der Waals surface area contributed by atoms with E-state index in [0.29, 0.717) is 9.21 Å². The number of carbonyl (C=O) groups excluding carboxylic acids is 1. The van der Waals surface area contributed by atoms with E-state index in [9.17, 15) is 26.4 Å². The van der Waals surface area contributed by atoms with Gasteiger partial charge in [0.25, 0.3) is 0 Å². The van der Waals surface area contributed by atoms with Gasteiger partial charge in [0.15, 0.2) is 0 Å². The third-order valence-electron chi connectivity index (χ3n) is 2.64. The number of carbonyl (C=O) groups is 1. The number of amides is 1. The second-order valence-electron chi connectivity index (χ2n) is 4.15. The molecule has 1 fully saturated rings. The standard InChI is InChI=1S/C10H10F3N3O3S/c11-10(12,13)6-15-7-16(5-9(15)17)20(18,19)8-2-1-3-14-4-8/h1-4H,5-7H2. The number of halogens is 3. The molecular formula is C10H10F3N3O3S. The summed E-state index contributed by atoms with van der Waals surface area (Å²) < 4.78 is 61.7. The Morgan fingerprint density at radius 1 is 1.35 bits per heavy atom. The summed E-state index contributed by atoms with van der Waals surface area (Å²) in [6.07, 6.45) is -2.12. The van der Waals surface area contributed by atoms with Gasteiger partial charge in [-0.15, -0.1) is 0 Å². The first-order valence-corrected chi connectivity index (χ1v) is 6.89. The highest BCUT2D eigenvalue weighted by atomic mass is 32.2. The number of hydrogen-bond acceptors (Lipinski definition) is 4. The van der Waals surface area contributed by atoms with Crippen LogP contribution < -0.4 is 0 Å². The van der Waals surface area contributed by atoms with E-state index >= 15 is 0 Å². The van der Waals surface area contributed by atoms with E-state index in [4.69, 9.17) is 0 Å². The molecule has 1 aliphatic rings. The molecule has 0 radical (unpaired) electrons. The van der Waals surface area contributed by atoms with Crippen molar-refractivity contribution in [1.29, 1.82) is 0 Å². The zero-order valence-corrected chi connectivity index (χ0v) is 10.9. The molecule has 2 rings (SSSR count). The fourth-order valence-electron chi connectivity index (χ4n) is 1.73. The van der Waals surface area contributed by atoms with Crippen molar-refractivity contribution in [2.75, 3.05) is 19.8 Å². The Morgan fingerprint density at radius 2 is 2.05 bits per heavy atom. The number of aromatic nitrogens is 1. The maximum atomic E-state index is 12.3. The summed E-state index contributed by atoms with van der Waals surface area (Å²) in [7, 11) is -4.02. The first-order valence-electron chi connectivity index (χ1n) is 5.45. The van der Waals surface area contributed by atoms with Crippen molar-refractivity contribution in [2.45, 2.75) is 11.1 Å². The molecular weight excluding hydrogens is 299 g/mol. The number of pyridine rings is 1. The minimum atomic E-state index is -4.57. The lowest BCUT2D eigenvalue weighted by molar-refractivity contribution is -0.157. The quantitative estimate of drug-likeness (QED) is 0.812. The van der Waals surface area contributed by atoms with Crippen molar-refractivity contribution in [1.82, 2.24) is 14.2 Å². The van der Waals surface area contributed by atoms with E-state index in [1.165, 1.54) is 18.3 Å². The first kappa shape index (κ1) is 14.7. The molecule has 0 aromatic carbocycles. The summed E-state index contributed by atoms with van der Waals surface area (Å²) >= 11 is 0. The van der Waals surface area contributed by atoms with Crippen LogP contribution in [0.5, 0.6) is 0 Å². The minimum absolute atomic E-state index is 0.165. The second kappa shape index (κ2) is 5.02. The van der Waals surface area contributed by atoms with Gasteiger partial charge in [-0.3, -0.25) is 9.78 Å². The van der Waals surface area contributed by atoms with Gasteiger partial charge >= 0.3 is 6.18 Å². The molecule has 1 aromatic rings. The zero-order chi connectivity index (χ0) is 15.0. The van der Waals surface area contributed by atoms with E-state index in [1.54, 1.807) is 0 Å². The molecule has 0 aliphatic carbocycles. The topological polar surface area (TPSA) is 70.6 Å². The van der Waals surface area contributed by atoms with Crippen LogP contribution in [0.2, 0.25) is 0 Å². The van der Waals surface area contributed by atoms with Gasteiger partial charge in [0.2, 0.25) is 15.9 Å². The van der Waals surface area contributed by atoms with Crippen LogP contribution in [-0.4, -0.2) is 54.4 Å². The average molecular weight is 309 g/mol.